The molecule has 2 heterocycles. The van der Waals surface area contributed by atoms with Crippen LogP contribution in [0.1, 0.15) is 12.8 Å². The summed E-state index contributed by atoms with van der Waals surface area (Å²) in [6.07, 6.45) is 6.08. The summed E-state index contributed by atoms with van der Waals surface area (Å²) in [4.78, 5) is 6.52. The van der Waals surface area contributed by atoms with E-state index in [0.717, 1.165) is 13.1 Å². The molecule has 104 valence electrons. The van der Waals surface area contributed by atoms with Crippen molar-refractivity contribution in [2.45, 2.75) is 18.9 Å². The number of hydrogen-bond acceptors (Lipinski definition) is 3. The highest BCUT2D eigenvalue weighted by molar-refractivity contribution is 14.1. The summed E-state index contributed by atoms with van der Waals surface area (Å²) in [5, 5.41) is 3.67. The number of rotatable bonds is 3. The van der Waals surface area contributed by atoms with Gasteiger partial charge in [0.15, 0.2) is 0 Å². The van der Waals surface area contributed by atoms with Crippen LogP contribution < -0.4 is 10.2 Å². The highest BCUT2D eigenvalue weighted by atomic mass is 127. The second-order valence-electron chi connectivity index (χ2n) is 5.09. The third-order valence-corrected chi connectivity index (χ3v) is 4.70. The van der Waals surface area contributed by atoms with Crippen molar-refractivity contribution in [1.29, 1.82) is 0 Å². The van der Waals surface area contributed by atoms with Gasteiger partial charge in [-0.1, -0.05) is 12.1 Å². The molecule has 1 aliphatic heterocycles. The molecule has 1 N–H and O–H groups in total. The molecule has 2 aromatic rings. The number of benzene rings is 1. The maximum Gasteiger partial charge on any atom is 0.0478 e. The first-order valence-electron chi connectivity index (χ1n) is 6.99. The van der Waals surface area contributed by atoms with Gasteiger partial charge in [0.2, 0.25) is 0 Å². The van der Waals surface area contributed by atoms with E-state index in [4.69, 9.17) is 0 Å². The number of hydrogen-bond donors (Lipinski definition) is 1. The highest BCUT2D eigenvalue weighted by Gasteiger charge is 2.19. The van der Waals surface area contributed by atoms with Gasteiger partial charge >= 0.3 is 0 Å². The molecule has 0 atom stereocenters. The third kappa shape index (κ3) is 3.23. The van der Waals surface area contributed by atoms with Crippen molar-refractivity contribution in [3.05, 3.63) is 52.4 Å². The predicted molar refractivity (Wildman–Crippen MR) is 92.3 cm³/mol. The smallest absolute Gasteiger partial charge is 0.0478 e. The summed E-state index contributed by atoms with van der Waals surface area (Å²) in [6, 6.07) is 13.2. The number of piperidine rings is 1. The van der Waals surface area contributed by atoms with Gasteiger partial charge in [0.1, 0.15) is 0 Å². The normalized spacial score (nSPS) is 16.1. The lowest BCUT2D eigenvalue weighted by Gasteiger charge is -2.34. The van der Waals surface area contributed by atoms with Crippen LogP contribution in [0.15, 0.2) is 48.8 Å². The molecule has 20 heavy (non-hydrogen) atoms. The van der Waals surface area contributed by atoms with Crippen molar-refractivity contribution in [1.82, 2.24) is 4.98 Å². The Hall–Kier alpha value is -1.30. The zero-order valence-corrected chi connectivity index (χ0v) is 13.5. The van der Waals surface area contributed by atoms with E-state index < -0.39 is 0 Å². The van der Waals surface area contributed by atoms with Crippen LogP contribution in [-0.2, 0) is 0 Å². The number of aromatic nitrogens is 1. The molecule has 0 saturated carbocycles. The standard InChI is InChI=1S/C16H18IN3/c17-15-3-1-2-4-16(15)19-13-7-11-20(12-8-13)14-5-9-18-10-6-14/h1-6,9-10,13,19H,7-8,11-12H2. The van der Waals surface area contributed by atoms with Crippen LogP contribution in [0.5, 0.6) is 0 Å². The van der Waals surface area contributed by atoms with Crippen LogP contribution in [0.2, 0.25) is 0 Å². The average molecular weight is 379 g/mol. The lowest BCUT2D eigenvalue weighted by molar-refractivity contribution is 0.526. The largest absolute Gasteiger partial charge is 0.381 e. The lowest BCUT2D eigenvalue weighted by atomic mass is 10.0. The molecule has 0 spiro atoms. The molecule has 1 aromatic heterocycles. The molecule has 0 amide bonds. The minimum atomic E-state index is 0.573. The van der Waals surface area contributed by atoms with E-state index in [1.54, 1.807) is 0 Å². The van der Waals surface area contributed by atoms with Gasteiger partial charge < -0.3 is 10.2 Å². The highest BCUT2D eigenvalue weighted by Crippen LogP contribution is 2.23. The summed E-state index contributed by atoms with van der Waals surface area (Å²) in [5.41, 5.74) is 2.54. The van der Waals surface area contributed by atoms with E-state index >= 15 is 0 Å². The molecule has 1 fully saturated rings. The molecule has 1 aromatic carbocycles. The van der Waals surface area contributed by atoms with Crippen molar-refractivity contribution >= 4 is 34.0 Å². The van der Waals surface area contributed by atoms with Crippen LogP contribution in [0, 0.1) is 3.57 Å². The molecule has 3 nitrogen and oxygen atoms in total. The van der Waals surface area contributed by atoms with Crippen molar-refractivity contribution in [2.75, 3.05) is 23.3 Å². The minimum absolute atomic E-state index is 0.573. The van der Waals surface area contributed by atoms with Crippen LogP contribution >= 0.6 is 22.6 Å². The maximum atomic E-state index is 4.08. The Morgan fingerprint density at radius 3 is 2.45 bits per heavy atom. The predicted octanol–water partition coefficient (Wildman–Crippen LogP) is 3.77. The van der Waals surface area contributed by atoms with Crippen molar-refractivity contribution in [2.24, 2.45) is 0 Å². The number of nitrogens with zero attached hydrogens (tertiary/aromatic N) is 2. The van der Waals surface area contributed by atoms with Crippen LogP contribution in [0.3, 0.4) is 0 Å². The van der Waals surface area contributed by atoms with Gasteiger partial charge in [-0.05, 0) is 59.7 Å². The van der Waals surface area contributed by atoms with Gasteiger partial charge in [-0.25, -0.2) is 0 Å². The summed E-state index contributed by atoms with van der Waals surface area (Å²) in [7, 11) is 0. The number of anilines is 2. The van der Waals surface area contributed by atoms with Crippen molar-refractivity contribution in [3.63, 3.8) is 0 Å². The molecule has 1 saturated heterocycles. The topological polar surface area (TPSA) is 28.2 Å². The second-order valence-corrected chi connectivity index (χ2v) is 6.25. The average Bonchev–Trinajstić information content (AvgIpc) is 2.51. The van der Waals surface area contributed by atoms with Gasteiger partial charge in [0.05, 0.1) is 0 Å². The summed E-state index contributed by atoms with van der Waals surface area (Å²) in [6.45, 7) is 2.20. The Morgan fingerprint density at radius 1 is 1.05 bits per heavy atom. The minimum Gasteiger partial charge on any atom is -0.381 e. The van der Waals surface area contributed by atoms with Crippen LogP contribution in [0.4, 0.5) is 11.4 Å². The Balaban J connectivity index is 1.58. The van der Waals surface area contributed by atoms with Crippen molar-refractivity contribution in [3.8, 4) is 0 Å². The Kier molecular flexibility index (Phi) is 4.40. The lowest BCUT2D eigenvalue weighted by Crippen LogP contribution is -2.39. The van der Waals surface area contributed by atoms with E-state index in [1.165, 1.54) is 27.8 Å². The second kappa shape index (κ2) is 6.43. The first kappa shape index (κ1) is 13.7. The van der Waals surface area contributed by atoms with Crippen LogP contribution in [0.25, 0.3) is 0 Å². The van der Waals surface area contributed by atoms with E-state index in [-0.39, 0.29) is 0 Å². The fourth-order valence-corrected chi connectivity index (χ4v) is 3.18. The third-order valence-electron chi connectivity index (χ3n) is 3.76. The first-order chi connectivity index (χ1) is 9.83. The Labute approximate surface area is 133 Å². The van der Waals surface area contributed by atoms with Gasteiger partial charge in [-0.3, -0.25) is 4.98 Å². The van der Waals surface area contributed by atoms with Gasteiger partial charge in [0.25, 0.3) is 0 Å². The number of pyridine rings is 1. The monoisotopic (exact) mass is 379 g/mol. The number of halogens is 1. The van der Waals surface area contributed by atoms with E-state index in [0.29, 0.717) is 6.04 Å². The zero-order valence-electron chi connectivity index (χ0n) is 11.3. The van der Waals surface area contributed by atoms with Gasteiger partial charge in [-0.2, -0.15) is 0 Å². The number of para-hydroxylation sites is 1. The molecule has 0 aliphatic carbocycles. The fourth-order valence-electron chi connectivity index (χ4n) is 2.64. The fraction of sp³-hybridized carbons (Fsp3) is 0.312. The number of nitrogens with one attached hydrogen (secondary N) is 1. The zero-order chi connectivity index (χ0) is 13.8. The van der Waals surface area contributed by atoms with E-state index in [2.05, 4.69) is 74.2 Å². The van der Waals surface area contributed by atoms with E-state index in [1.807, 2.05) is 12.4 Å². The van der Waals surface area contributed by atoms with Gasteiger partial charge in [-0.15, -0.1) is 0 Å². The molecule has 0 radical (unpaired) electrons. The summed E-state index contributed by atoms with van der Waals surface area (Å²) in [5.74, 6) is 0. The van der Waals surface area contributed by atoms with Crippen LogP contribution in [-0.4, -0.2) is 24.1 Å². The van der Waals surface area contributed by atoms with Gasteiger partial charge in [0, 0.05) is 46.5 Å². The Bertz CT molecular complexity index is 551. The quantitative estimate of drug-likeness (QED) is 0.824. The SMILES string of the molecule is Ic1ccccc1NC1CCN(c2ccncc2)CC1. The van der Waals surface area contributed by atoms with E-state index in [9.17, 15) is 0 Å². The molecular formula is C16H18IN3. The molecule has 1 aliphatic rings. The molecule has 4 heteroatoms. The first-order valence-corrected chi connectivity index (χ1v) is 8.07. The summed E-state index contributed by atoms with van der Waals surface area (Å²) < 4.78 is 1.29. The molecule has 0 unspecified atom stereocenters. The molecular weight excluding hydrogens is 361 g/mol. The molecule has 3 rings (SSSR count). The van der Waals surface area contributed by atoms with Crippen molar-refractivity contribution < 1.29 is 0 Å². The summed E-state index contributed by atoms with van der Waals surface area (Å²) >= 11 is 2.39. The Morgan fingerprint density at radius 2 is 1.75 bits per heavy atom. The molecule has 0 bridgehead atoms. The maximum absolute atomic E-state index is 4.08.